The largest absolute Gasteiger partial charge is 0.477 e. The van der Waals surface area contributed by atoms with Crippen LogP contribution < -0.4 is 0 Å². The van der Waals surface area contributed by atoms with Crippen LogP contribution in [0.1, 0.15) is 35.7 Å². The van der Waals surface area contributed by atoms with Crippen molar-refractivity contribution in [3.8, 4) is 0 Å². The van der Waals surface area contributed by atoms with Gasteiger partial charge in [-0.15, -0.1) is 0 Å². The third kappa shape index (κ3) is 3.81. The maximum absolute atomic E-state index is 10.9. The molecule has 1 rings (SSSR count). The summed E-state index contributed by atoms with van der Waals surface area (Å²) in [6, 6.07) is 0. The quantitative estimate of drug-likeness (QED) is 0.856. The summed E-state index contributed by atoms with van der Waals surface area (Å²) in [4.78, 5) is 19.0. The number of carboxylic acid groups (broad SMARTS) is 1. The molecule has 0 fully saturated rings. The second-order valence-corrected chi connectivity index (χ2v) is 5.06. The van der Waals surface area contributed by atoms with Crippen LogP contribution in [0.2, 0.25) is 0 Å². The van der Waals surface area contributed by atoms with Crippen molar-refractivity contribution >= 4 is 17.7 Å². The summed E-state index contributed by atoms with van der Waals surface area (Å²) >= 11 is 1.72. The van der Waals surface area contributed by atoms with E-state index in [1.165, 1.54) is 0 Å². The molecule has 0 saturated carbocycles. The van der Waals surface area contributed by atoms with Crippen LogP contribution in [0, 0.1) is 12.8 Å². The van der Waals surface area contributed by atoms with Crippen LogP contribution in [0.4, 0.5) is 0 Å². The van der Waals surface area contributed by atoms with Gasteiger partial charge >= 0.3 is 5.97 Å². The number of nitrogens with zero attached hydrogens (tertiary/aromatic N) is 2. The molecule has 1 N–H and O–H groups in total. The maximum Gasteiger partial charge on any atom is 0.354 e. The van der Waals surface area contributed by atoms with E-state index in [0.29, 0.717) is 23.1 Å². The molecule has 0 saturated heterocycles. The molecule has 5 heteroatoms. The van der Waals surface area contributed by atoms with E-state index in [0.717, 1.165) is 5.75 Å². The molecule has 1 aromatic heterocycles. The highest BCUT2D eigenvalue weighted by atomic mass is 32.2. The van der Waals surface area contributed by atoms with Gasteiger partial charge in [0.15, 0.2) is 5.69 Å². The predicted octanol–water partition coefficient (Wildman–Crippen LogP) is 2.37. The van der Waals surface area contributed by atoms with E-state index in [1.54, 1.807) is 24.9 Å². The first-order valence-electron chi connectivity index (χ1n) is 5.14. The van der Waals surface area contributed by atoms with Crippen molar-refractivity contribution in [2.45, 2.75) is 26.5 Å². The normalized spacial score (nSPS) is 10.8. The lowest BCUT2D eigenvalue weighted by Crippen LogP contribution is -2.07. The fraction of sp³-hybridized carbons (Fsp3) is 0.545. The summed E-state index contributed by atoms with van der Waals surface area (Å²) in [5, 5.41) is 8.91. The zero-order valence-corrected chi connectivity index (χ0v) is 10.5. The number of aryl methyl sites for hydroxylation is 1. The molecule has 1 heterocycles. The van der Waals surface area contributed by atoms with Gasteiger partial charge in [-0.05, 0) is 18.6 Å². The van der Waals surface area contributed by atoms with Crippen molar-refractivity contribution in [3.63, 3.8) is 0 Å². The van der Waals surface area contributed by atoms with Gasteiger partial charge in [-0.25, -0.2) is 14.8 Å². The molecular weight excluding hydrogens is 224 g/mol. The van der Waals surface area contributed by atoms with Crippen molar-refractivity contribution in [2.24, 2.45) is 5.92 Å². The molecule has 16 heavy (non-hydrogen) atoms. The van der Waals surface area contributed by atoms with Crippen LogP contribution in [0.5, 0.6) is 0 Å². The molecule has 0 spiro atoms. The minimum Gasteiger partial charge on any atom is -0.477 e. The second kappa shape index (κ2) is 5.84. The molecule has 0 unspecified atom stereocenters. The van der Waals surface area contributed by atoms with Crippen molar-refractivity contribution in [1.82, 2.24) is 9.97 Å². The number of hydrogen-bond acceptors (Lipinski definition) is 4. The molecular formula is C11H16N2O2S. The second-order valence-electron chi connectivity index (χ2n) is 4.03. The first-order chi connectivity index (χ1) is 7.50. The Morgan fingerprint density at radius 1 is 1.56 bits per heavy atom. The van der Waals surface area contributed by atoms with Gasteiger partial charge in [0.1, 0.15) is 5.82 Å². The van der Waals surface area contributed by atoms with Gasteiger partial charge in [0.05, 0.1) is 5.75 Å². The van der Waals surface area contributed by atoms with Crippen molar-refractivity contribution in [3.05, 3.63) is 23.3 Å². The van der Waals surface area contributed by atoms with Crippen LogP contribution in [-0.2, 0) is 5.75 Å². The Morgan fingerprint density at radius 3 is 2.81 bits per heavy atom. The molecule has 0 aliphatic heterocycles. The summed E-state index contributed by atoms with van der Waals surface area (Å²) in [6.45, 7) is 5.99. The first-order valence-corrected chi connectivity index (χ1v) is 6.29. The van der Waals surface area contributed by atoms with E-state index >= 15 is 0 Å². The van der Waals surface area contributed by atoms with E-state index in [2.05, 4.69) is 23.8 Å². The first kappa shape index (κ1) is 13.0. The number of carbonyl (C=O) groups is 1. The lowest BCUT2D eigenvalue weighted by molar-refractivity contribution is 0.0689. The van der Waals surface area contributed by atoms with Crippen molar-refractivity contribution < 1.29 is 9.90 Å². The van der Waals surface area contributed by atoms with E-state index in [1.807, 2.05) is 0 Å². The van der Waals surface area contributed by atoms with E-state index in [-0.39, 0.29) is 5.69 Å². The fourth-order valence-corrected chi connectivity index (χ4v) is 2.06. The number of hydrogen-bond donors (Lipinski definition) is 1. The van der Waals surface area contributed by atoms with Crippen molar-refractivity contribution in [1.29, 1.82) is 0 Å². The zero-order valence-electron chi connectivity index (χ0n) is 9.73. The highest BCUT2D eigenvalue weighted by molar-refractivity contribution is 7.98. The van der Waals surface area contributed by atoms with Gasteiger partial charge < -0.3 is 5.11 Å². The number of thioether (sulfide) groups is 1. The third-order valence-corrected chi connectivity index (χ3v) is 3.27. The predicted molar refractivity (Wildman–Crippen MR) is 64.7 cm³/mol. The molecule has 0 radical (unpaired) electrons. The molecule has 88 valence electrons. The van der Waals surface area contributed by atoms with Gasteiger partial charge in [0, 0.05) is 11.8 Å². The fourth-order valence-electron chi connectivity index (χ4n) is 1.15. The Morgan fingerprint density at radius 2 is 2.25 bits per heavy atom. The molecule has 0 bridgehead atoms. The van der Waals surface area contributed by atoms with Crippen LogP contribution in [0.15, 0.2) is 6.20 Å². The average molecular weight is 240 g/mol. The summed E-state index contributed by atoms with van der Waals surface area (Å²) in [6.07, 6.45) is 1.57. The Balaban J connectivity index is 2.68. The summed E-state index contributed by atoms with van der Waals surface area (Å²) in [7, 11) is 0. The lowest BCUT2D eigenvalue weighted by atomic mass is 10.2. The minimum atomic E-state index is -0.991. The Labute approximate surface area is 99.5 Å². The van der Waals surface area contributed by atoms with Gasteiger partial charge in [0.25, 0.3) is 0 Å². The van der Waals surface area contributed by atoms with Crippen LogP contribution in [0.25, 0.3) is 0 Å². The molecule has 0 aliphatic carbocycles. The maximum atomic E-state index is 10.9. The van der Waals surface area contributed by atoms with Crippen LogP contribution in [0.3, 0.4) is 0 Å². The van der Waals surface area contributed by atoms with Gasteiger partial charge in [0.2, 0.25) is 0 Å². The minimum absolute atomic E-state index is 0.107. The number of rotatable bonds is 5. The molecule has 1 aromatic rings. The van der Waals surface area contributed by atoms with E-state index < -0.39 is 5.97 Å². The Hall–Kier alpha value is -1.10. The lowest BCUT2D eigenvalue weighted by Gasteiger charge is -2.05. The van der Waals surface area contributed by atoms with Gasteiger partial charge in [-0.2, -0.15) is 11.8 Å². The molecule has 0 amide bonds. The number of aromatic carboxylic acids is 1. The summed E-state index contributed by atoms with van der Waals surface area (Å²) < 4.78 is 0. The molecule has 0 atom stereocenters. The molecule has 0 aliphatic rings. The third-order valence-electron chi connectivity index (χ3n) is 1.91. The molecule has 0 aromatic carbocycles. The van der Waals surface area contributed by atoms with Crippen LogP contribution in [-0.4, -0.2) is 26.8 Å². The standard InChI is InChI=1S/C11H16N2O2S/c1-7(2)5-16-6-9-12-4-8(3)10(13-9)11(14)15/h4,7H,5-6H2,1-3H3,(H,14,15). The SMILES string of the molecule is Cc1cnc(CSCC(C)C)nc1C(=O)O. The Kier molecular flexibility index (Phi) is 4.73. The summed E-state index contributed by atoms with van der Waals surface area (Å²) in [5.41, 5.74) is 0.709. The zero-order chi connectivity index (χ0) is 12.1. The number of aromatic nitrogens is 2. The van der Waals surface area contributed by atoms with E-state index in [4.69, 9.17) is 5.11 Å². The van der Waals surface area contributed by atoms with E-state index in [9.17, 15) is 4.79 Å². The summed E-state index contributed by atoms with van der Waals surface area (Å²) in [5.74, 6) is 1.91. The van der Waals surface area contributed by atoms with Gasteiger partial charge in [-0.1, -0.05) is 13.8 Å². The number of carboxylic acids is 1. The van der Waals surface area contributed by atoms with Crippen molar-refractivity contribution in [2.75, 3.05) is 5.75 Å². The molecule has 4 nitrogen and oxygen atoms in total. The topological polar surface area (TPSA) is 63.1 Å². The Bertz CT molecular complexity index is 380. The van der Waals surface area contributed by atoms with Gasteiger partial charge in [-0.3, -0.25) is 0 Å². The highest BCUT2D eigenvalue weighted by Crippen LogP contribution is 2.13. The smallest absolute Gasteiger partial charge is 0.354 e. The monoisotopic (exact) mass is 240 g/mol. The average Bonchev–Trinajstić information content (AvgIpc) is 2.19. The highest BCUT2D eigenvalue weighted by Gasteiger charge is 2.10. The van der Waals surface area contributed by atoms with Crippen LogP contribution >= 0.6 is 11.8 Å².